The average Bonchev–Trinajstić information content (AvgIpc) is 3.09. The van der Waals surface area contributed by atoms with Crippen molar-refractivity contribution in [3.8, 4) is 11.5 Å². The normalized spacial score (nSPS) is 12.6. The Hall–Kier alpha value is -6.24. The molecule has 2 aromatic carbocycles. The van der Waals surface area contributed by atoms with Crippen LogP contribution in [0.1, 0.15) is 37.4 Å². The largest absolute Gasteiger partial charge is 0.507 e. The molecule has 0 aliphatic heterocycles. The number of aromatic nitrogens is 2. The molecule has 0 bridgehead atoms. The first-order chi connectivity index (χ1) is 24.0. The van der Waals surface area contributed by atoms with Crippen molar-refractivity contribution in [3.63, 3.8) is 0 Å². The molecular weight excluding hydrogens is 663 g/mol. The van der Waals surface area contributed by atoms with E-state index in [-0.39, 0.29) is 54.5 Å². The summed E-state index contributed by atoms with van der Waals surface area (Å²) >= 11 is 0. The van der Waals surface area contributed by atoms with E-state index >= 15 is 4.39 Å². The van der Waals surface area contributed by atoms with Crippen molar-refractivity contribution in [2.24, 2.45) is 21.5 Å². The zero-order valence-corrected chi connectivity index (χ0v) is 27.3. The van der Waals surface area contributed by atoms with E-state index in [9.17, 15) is 14.4 Å². The minimum absolute atomic E-state index is 0.0401. The van der Waals surface area contributed by atoms with Crippen LogP contribution in [-0.4, -0.2) is 85.0 Å². The van der Waals surface area contributed by atoms with E-state index in [0.717, 1.165) is 0 Å². The summed E-state index contributed by atoms with van der Waals surface area (Å²) in [5.74, 6) is -1.82. The number of carbonyl (C=O) groups is 3. The number of nitrogens with zero attached hydrogens (tertiary/aromatic N) is 4. The number of rotatable bonds is 18. The zero-order valence-electron chi connectivity index (χ0n) is 27.3. The van der Waals surface area contributed by atoms with Gasteiger partial charge in [-0.15, -0.1) is 0 Å². The number of carboxylic acid groups (broad SMARTS) is 1. The van der Waals surface area contributed by atoms with Gasteiger partial charge in [0.05, 0.1) is 13.7 Å². The number of carbonyl (C=O) groups excluding carboxylic acids is 2. The molecule has 50 heavy (non-hydrogen) atoms. The topological polar surface area (TPSA) is 253 Å². The quantitative estimate of drug-likeness (QED) is 0.0318. The SMILES string of the molecule is CCCOC(=O)N=C(N)c1ccc(NC(C(N)=NC(Nc2ncccn2)OCOC(=O)O)c2cc(OC)cc(OCCOC(C)=O)c2F)cc1. The van der Waals surface area contributed by atoms with Gasteiger partial charge in [0.15, 0.2) is 18.4 Å². The van der Waals surface area contributed by atoms with E-state index in [0.29, 0.717) is 17.7 Å². The minimum Gasteiger partial charge on any atom is -0.497 e. The fourth-order valence-electron chi connectivity index (χ4n) is 3.92. The number of methoxy groups -OCH3 is 1. The Bertz CT molecular complexity index is 1640. The molecule has 1 amide bonds. The van der Waals surface area contributed by atoms with Crippen molar-refractivity contribution >= 4 is 41.5 Å². The molecule has 0 radical (unpaired) electrons. The van der Waals surface area contributed by atoms with Gasteiger partial charge in [-0.05, 0) is 42.8 Å². The molecule has 268 valence electrons. The lowest BCUT2D eigenvalue weighted by Gasteiger charge is -2.24. The number of hydrogen-bond donors (Lipinski definition) is 5. The molecule has 1 heterocycles. The maximum absolute atomic E-state index is 16.2. The van der Waals surface area contributed by atoms with Crippen molar-refractivity contribution in [3.05, 3.63) is 71.8 Å². The third kappa shape index (κ3) is 12.4. The molecule has 0 spiro atoms. The third-order valence-corrected chi connectivity index (χ3v) is 6.16. The maximum atomic E-state index is 16.2. The van der Waals surface area contributed by atoms with E-state index in [1.54, 1.807) is 30.3 Å². The average molecular weight is 701 g/mol. The van der Waals surface area contributed by atoms with Crippen LogP contribution in [0.25, 0.3) is 0 Å². The Balaban J connectivity index is 2.04. The molecular formula is C31H37FN8O10. The van der Waals surface area contributed by atoms with Crippen molar-refractivity contribution in [1.82, 2.24) is 9.97 Å². The molecule has 3 rings (SSSR count). The van der Waals surface area contributed by atoms with Gasteiger partial charge < -0.3 is 55.6 Å². The predicted octanol–water partition coefficient (Wildman–Crippen LogP) is 3.39. The summed E-state index contributed by atoms with van der Waals surface area (Å²) < 4.78 is 46.8. The van der Waals surface area contributed by atoms with Gasteiger partial charge in [-0.3, -0.25) is 4.79 Å². The van der Waals surface area contributed by atoms with Crippen LogP contribution in [0, 0.1) is 5.82 Å². The number of esters is 1. The number of anilines is 2. The fraction of sp³-hybridized carbons (Fsp3) is 0.323. The van der Waals surface area contributed by atoms with Gasteiger partial charge >= 0.3 is 18.2 Å². The van der Waals surface area contributed by atoms with Crippen LogP contribution in [-0.2, 0) is 23.7 Å². The summed E-state index contributed by atoms with van der Waals surface area (Å²) in [7, 11) is 1.36. The smallest absolute Gasteiger partial charge is 0.497 e. The monoisotopic (exact) mass is 700 g/mol. The van der Waals surface area contributed by atoms with Gasteiger partial charge in [-0.2, -0.15) is 4.99 Å². The van der Waals surface area contributed by atoms with Gasteiger partial charge in [-0.25, -0.2) is 28.9 Å². The molecule has 18 nitrogen and oxygen atoms in total. The Labute approximate surface area is 285 Å². The van der Waals surface area contributed by atoms with Gasteiger partial charge in [0.1, 0.15) is 36.7 Å². The molecule has 1 aromatic heterocycles. The molecule has 0 saturated heterocycles. The number of aliphatic imine (C=N–C) groups is 2. The highest BCUT2D eigenvalue weighted by Crippen LogP contribution is 2.33. The number of nitrogens with one attached hydrogen (secondary N) is 2. The summed E-state index contributed by atoms with van der Waals surface area (Å²) in [6.07, 6.45) is -0.398. The molecule has 2 unspecified atom stereocenters. The molecule has 0 aliphatic rings. The van der Waals surface area contributed by atoms with Gasteiger partial charge in [0, 0.05) is 42.2 Å². The van der Waals surface area contributed by atoms with E-state index in [4.69, 9.17) is 40.3 Å². The number of hydrogen-bond acceptors (Lipinski definition) is 14. The number of nitrogens with two attached hydrogens (primary N) is 2. The lowest BCUT2D eigenvalue weighted by molar-refractivity contribution is -0.141. The lowest BCUT2D eigenvalue weighted by atomic mass is 10.0. The first kappa shape index (κ1) is 38.2. The molecule has 0 aliphatic carbocycles. The van der Waals surface area contributed by atoms with E-state index in [2.05, 4.69) is 35.3 Å². The molecule has 7 N–H and O–H groups in total. The van der Waals surface area contributed by atoms with Crippen LogP contribution in [0.2, 0.25) is 0 Å². The molecule has 0 saturated carbocycles. The Morgan fingerprint density at radius 2 is 1.72 bits per heavy atom. The van der Waals surface area contributed by atoms with Gasteiger partial charge in [0.2, 0.25) is 12.3 Å². The van der Waals surface area contributed by atoms with Crippen LogP contribution < -0.4 is 31.6 Å². The van der Waals surface area contributed by atoms with Crippen LogP contribution >= 0.6 is 0 Å². The summed E-state index contributed by atoms with van der Waals surface area (Å²) in [6, 6.07) is 9.17. The highest BCUT2D eigenvalue weighted by Gasteiger charge is 2.26. The van der Waals surface area contributed by atoms with Crippen molar-refractivity contribution < 1.29 is 52.3 Å². The lowest BCUT2D eigenvalue weighted by Crippen LogP contribution is -2.34. The van der Waals surface area contributed by atoms with E-state index in [1.807, 2.05) is 6.92 Å². The molecule has 19 heteroatoms. The van der Waals surface area contributed by atoms with Crippen LogP contribution in [0.15, 0.2) is 64.8 Å². The summed E-state index contributed by atoms with van der Waals surface area (Å²) in [5.41, 5.74) is 13.1. The number of halogens is 1. The zero-order chi connectivity index (χ0) is 36.5. The Morgan fingerprint density at radius 1 is 1.00 bits per heavy atom. The predicted molar refractivity (Wildman–Crippen MR) is 176 cm³/mol. The number of benzene rings is 2. The van der Waals surface area contributed by atoms with E-state index < -0.39 is 43.2 Å². The highest BCUT2D eigenvalue weighted by molar-refractivity contribution is 6.03. The second-order valence-corrected chi connectivity index (χ2v) is 9.80. The summed E-state index contributed by atoms with van der Waals surface area (Å²) in [4.78, 5) is 50.1. The number of amides is 1. The molecule has 3 aromatic rings. The van der Waals surface area contributed by atoms with Crippen molar-refractivity contribution in [1.29, 1.82) is 0 Å². The van der Waals surface area contributed by atoms with E-state index in [1.165, 1.54) is 38.6 Å². The summed E-state index contributed by atoms with van der Waals surface area (Å²) in [5, 5.41) is 14.7. The standard InChI is InChI=1S/C31H37FN8O10/c1-4-12-48-30(42)39-26(33)19-6-8-20(9-7-19)37-25(22-15-21(45-3)16-23(24(22)32)47-14-13-46-18(2)41)27(34)38-29(49-17-50-31(43)44)40-28-35-10-5-11-36-28/h5-11,15-16,25,29,37H,4,12-14,17H2,1-3H3,(H2,34,38)(H,43,44)(H2,33,39,42)(H,35,36,40). The second-order valence-electron chi connectivity index (χ2n) is 9.80. The maximum Gasteiger partial charge on any atom is 0.507 e. The Kier molecular flexibility index (Phi) is 14.9. The fourth-order valence-corrected chi connectivity index (χ4v) is 3.92. The van der Waals surface area contributed by atoms with Crippen LogP contribution in [0.4, 0.5) is 25.6 Å². The third-order valence-electron chi connectivity index (χ3n) is 6.16. The highest BCUT2D eigenvalue weighted by atomic mass is 19.1. The summed E-state index contributed by atoms with van der Waals surface area (Å²) in [6.45, 7) is 2.16. The van der Waals surface area contributed by atoms with Crippen LogP contribution in [0.3, 0.4) is 0 Å². The molecule has 0 fully saturated rings. The number of amidine groups is 2. The first-order valence-electron chi connectivity index (χ1n) is 14.9. The second kappa shape index (κ2) is 19.5. The van der Waals surface area contributed by atoms with Crippen molar-refractivity contribution in [2.75, 3.05) is 44.4 Å². The number of ether oxygens (including phenoxy) is 6. The molecule has 2 atom stereocenters. The van der Waals surface area contributed by atoms with Gasteiger partial charge in [-0.1, -0.05) is 6.92 Å². The first-order valence-corrected chi connectivity index (χ1v) is 14.9. The van der Waals surface area contributed by atoms with Crippen LogP contribution in [0.5, 0.6) is 11.5 Å². The van der Waals surface area contributed by atoms with Gasteiger partial charge in [0.25, 0.3) is 0 Å². The minimum atomic E-state index is -1.61. The van der Waals surface area contributed by atoms with Crippen molar-refractivity contribution in [2.45, 2.75) is 32.7 Å². The Morgan fingerprint density at radius 3 is 2.36 bits per heavy atom.